The zero-order chi connectivity index (χ0) is 5.70. The van der Waals surface area contributed by atoms with Crippen LogP contribution in [0.5, 0.6) is 0 Å². The summed E-state index contributed by atoms with van der Waals surface area (Å²) in [6.07, 6.45) is 1.09. The Bertz CT molecular complexity index is 37.1. The van der Waals surface area contributed by atoms with Crippen molar-refractivity contribution in [1.82, 2.24) is 0 Å². The van der Waals surface area contributed by atoms with Crippen molar-refractivity contribution < 1.29 is 9.84 Å². The SMILES string of the molecule is CC[C](O)COC. The lowest BCUT2D eigenvalue weighted by molar-refractivity contribution is 0.133. The third kappa shape index (κ3) is 3.76. The van der Waals surface area contributed by atoms with E-state index < -0.39 is 0 Å². The number of hydrogen-bond donors (Lipinski definition) is 1. The van der Waals surface area contributed by atoms with Crippen LogP contribution in [0.3, 0.4) is 0 Å². The lowest BCUT2D eigenvalue weighted by atomic mass is 10.3. The van der Waals surface area contributed by atoms with Gasteiger partial charge in [0.25, 0.3) is 0 Å². The maximum atomic E-state index is 8.65. The first-order valence-electron chi connectivity index (χ1n) is 2.33. The molecule has 43 valence electrons. The third-order valence-corrected chi connectivity index (χ3v) is 0.719. The number of ether oxygens (including phenoxy) is 1. The van der Waals surface area contributed by atoms with Gasteiger partial charge in [0.05, 0.1) is 6.61 Å². The molecule has 0 saturated carbocycles. The van der Waals surface area contributed by atoms with Gasteiger partial charge in [0.1, 0.15) is 6.10 Å². The average Bonchev–Trinajstić information content (AvgIpc) is 1.68. The molecule has 0 aliphatic rings. The minimum Gasteiger partial charge on any atom is -0.384 e. The summed E-state index contributed by atoms with van der Waals surface area (Å²) in [4.78, 5) is 0. The van der Waals surface area contributed by atoms with Crippen LogP contribution in [0.2, 0.25) is 0 Å². The number of rotatable bonds is 3. The van der Waals surface area contributed by atoms with Crippen molar-refractivity contribution in [3.63, 3.8) is 0 Å². The maximum Gasteiger partial charge on any atom is 0.118 e. The lowest BCUT2D eigenvalue weighted by Crippen LogP contribution is -2.01. The second-order valence-corrected chi connectivity index (χ2v) is 1.35. The van der Waals surface area contributed by atoms with E-state index >= 15 is 0 Å². The molecule has 0 unspecified atom stereocenters. The molecule has 0 bridgehead atoms. The molecule has 0 aliphatic carbocycles. The number of aliphatic hydroxyl groups excluding tert-OH is 1. The monoisotopic (exact) mass is 103 g/mol. The van der Waals surface area contributed by atoms with Crippen LogP contribution in [0.15, 0.2) is 0 Å². The van der Waals surface area contributed by atoms with E-state index in [1.165, 1.54) is 0 Å². The van der Waals surface area contributed by atoms with Gasteiger partial charge in [-0.25, -0.2) is 0 Å². The molecule has 0 rings (SSSR count). The minimum absolute atomic E-state index is 0.372. The van der Waals surface area contributed by atoms with Gasteiger partial charge in [0, 0.05) is 7.11 Å². The number of methoxy groups -OCH3 is 1. The molecule has 0 aromatic rings. The molecular weight excluding hydrogens is 92.1 g/mol. The smallest absolute Gasteiger partial charge is 0.118 e. The summed E-state index contributed by atoms with van der Waals surface area (Å²) in [6, 6.07) is 0. The molecule has 1 radical (unpaired) electrons. The van der Waals surface area contributed by atoms with Gasteiger partial charge in [-0.1, -0.05) is 6.92 Å². The van der Waals surface area contributed by atoms with Gasteiger partial charge in [-0.05, 0) is 6.42 Å². The Morgan fingerprint density at radius 2 is 2.29 bits per heavy atom. The molecule has 0 aliphatic heterocycles. The maximum absolute atomic E-state index is 8.65. The highest BCUT2D eigenvalue weighted by Gasteiger charge is 1.97. The van der Waals surface area contributed by atoms with Crippen LogP contribution in [0.25, 0.3) is 0 Å². The molecule has 1 N–H and O–H groups in total. The van der Waals surface area contributed by atoms with Crippen molar-refractivity contribution in [1.29, 1.82) is 0 Å². The molecule has 0 atom stereocenters. The van der Waals surface area contributed by atoms with Crippen LogP contribution in [0, 0.1) is 6.10 Å². The number of aliphatic hydroxyl groups is 1. The fourth-order valence-electron chi connectivity index (χ4n) is 0.269. The first-order chi connectivity index (χ1) is 3.31. The number of hydrogen-bond acceptors (Lipinski definition) is 2. The topological polar surface area (TPSA) is 29.5 Å². The molecule has 0 spiro atoms. The van der Waals surface area contributed by atoms with Crippen LogP contribution >= 0.6 is 0 Å². The van der Waals surface area contributed by atoms with Crippen LogP contribution < -0.4 is 0 Å². The Morgan fingerprint density at radius 1 is 1.71 bits per heavy atom. The minimum atomic E-state index is 0.372. The molecule has 0 saturated heterocycles. The van der Waals surface area contributed by atoms with Crippen molar-refractivity contribution >= 4 is 0 Å². The summed E-state index contributed by atoms with van der Waals surface area (Å²) in [5.74, 6) is 0. The lowest BCUT2D eigenvalue weighted by Gasteiger charge is -2.01. The quantitative estimate of drug-likeness (QED) is 0.576. The van der Waals surface area contributed by atoms with Crippen LogP contribution in [-0.2, 0) is 4.74 Å². The summed E-state index contributed by atoms with van der Waals surface area (Å²) >= 11 is 0. The first-order valence-corrected chi connectivity index (χ1v) is 2.33. The van der Waals surface area contributed by atoms with Gasteiger partial charge >= 0.3 is 0 Å². The molecule has 2 nitrogen and oxygen atoms in total. The molecule has 0 amide bonds. The van der Waals surface area contributed by atoms with Crippen molar-refractivity contribution in [2.24, 2.45) is 0 Å². The van der Waals surface area contributed by atoms with Crippen molar-refractivity contribution in [3.8, 4) is 0 Å². The summed E-state index contributed by atoms with van der Waals surface area (Å²) < 4.78 is 4.61. The molecule has 0 aromatic heterocycles. The van der Waals surface area contributed by atoms with Gasteiger partial charge < -0.3 is 9.84 Å². The predicted molar refractivity (Wildman–Crippen MR) is 27.3 cm³/mol. The first kappa shape index (κ1) is 6.92. The van der Waals surface area contributed by atoms with Crippen LogP contribution in [0.4, 0.5) is 0 Å². The van der Waals surface area contributed by atoms with E-state index in [0.717, 1.165) is 0 Å². The van der Waals surface area contributed by atoms with Crippen LogP contribution in [0.1, 0.15) is 13.3 Å². The van der Waals surface area contributed by atoms with Gasteiger partial charge in [0.2, 0.25) is 0 Å². The van der Waals surface area contributed by atoms with E-state index in [2.05, 4.69) is 4.74 Å². The Morgan fingerprint density at radius 3 is 2.43 bits per heavy atom. The Labute approximate surface area is 44.1 Å². The van der Waals surface area contributed by atoms with Crippen molar-refractivity contribution in [2.45, 2.75) is 13.3 Å². The van der Waals surface area contributed by atoms with E-state index in [4.69, 9.17) is 5.11 Å². The summed E-state index contributed by atoms with van der Waals surface area (Å²) in [5.41, 5.74) is 0. The second-order valence-electron chi connectivity index (χ2n) is 1.35. The standard InChI is InChI=1S/C5H11O2/c1-3-5(6)4-7-2/h6H,3-4H2,1-2H3. The molecule has 0 fully saturated rings. The molecule has 0 aromatic carbocycles. The molecule has 2 heteroatoms. The molecular formula is C5H11O2. The Hall–Kier alpha value is -0.0800. The fraction of sp³-hybridized carbons (Fsp3) is 0.800. The predicted octanol–water partition coefficient (Wildman–Crippen LogP) is 0.947. The van der Waals surface area contributed by atoms with Gasteiger partial charge in [-0.2, -0.15) is 0 Å². The van der Waals surface area contributed by atoms with E-state index in [1.807, 2.05) is 6.92 Å². The van der Waals surface area contributed by atoms with Gasteiger partial charge in [-0.3, -0.25) is 0 Å². The van der Waals surface area contributed by atoms with Crippen molar-refractivity contribution in [2.75, 3.05) is 13.7 Å². The fourth-order valence-corrected chi connectivity index (χ4v) is 0.269. The highest BCUT2D eigenvalue weighted by molar-refractivity contribution is 4.70. The highest BCUT2D eigenvalue weighted by Crippen LogP contribution is 1.97. The van der Waals surface area contributed by atoms with E-state index in [-0.39, 0.29) is 0 Å². The molecule has 0 heterocycles. The molecule has 7 heavy (non-hydrogen) atoms. The largest absolute Gasteiger partial charge is 0.384 e. The summed E-state index contributed by atoms with van der Waals surface area (Å²) in [7, 11) is 1.56. The third-order valence-electron chi connectivity index (χ3n) is 0.719. The zero-order valence-corrected chi connectivity index (χ0v) is 4.77. The highest BCUT2D eigenvalue weighted by atomic mass is 16.5. The Kier molecular flexibility index (Phi) is 4.04. The summed E-state index contributed by atoms with van der Waals surface area (Å²) in [6.45, 7) is 2.25. The summed E-state index contributed by atoms with van der Waals surface area (Å²) in [5, 5.41) is 8.65. The van der Waals surface area contributed by atoms with Gasteiger partial charge in [-0.15, -0.1) is 0 Å². The van der Waals surface area contributed by atoms with Crippen LogP contribution in [-0.4, -0.2) is 18.8 Å². The second kappa shape index (κ2) is 4.09. The Balaban J connectivity index is 2.83. The van der Waals surface area contributed by atoms with Crippen molar-refractivity contribution in [3.05, 3.63) is 6.10 Å². The van der Waals surface area contributed by atoms with E-state index in [0.29, 0.717) is 19.1 Å². The average molecular weight is 103 g/mol. The normalized spacial score (nSPS) is 10.3. The van der Waals surface area contributed by atoms with E-state index in [9.17, 15) is 0 Å². The van der Waals surface area contributed by atoms with Gasteiger partial charge in [0.15, 0.2) is 0 Å². The van der Waals surface area contributed by atoms with E-state index in [1.54, 1.807) is 7.11 Å². The zero-order valence-electron chi connectivity index (χ0n) is 4.77.